The Morgan fingerprint density at radius 2 is 1.90 bits per heavy atom. The van der Waals surface area contributed by atoms with Crippen LogP contribution >= 0.6 is 11.8 Å². The summed E-state index contributed by atoms with van der Waals surface area (Å²) < 4.78 is 1.53. The molecular formula is C23H29N3O2S. The van der Waals surface area contributed by atoms with E-state index in [0.717, 1.165) is 23.6 Å². The number of hydrogen-bond donors (Lipinski definition) is 1. The average Bonchev–Trinajstić information content (AvgIpc) is 2.71. The zero-order chi connectivity index (χ0) is 20.8. The third-order valence-corrected chi connectivity index (χ3v) is 6.16. The molecule has 0 bridgehead atoms. The lowest BCUT2D eigenvalue weighted by Gasteiger charge is -2.14. The minimum Gasteiger partial charge on any atom is -0.353 e. The minimum absolute atomic E-state index is 0.0224. The van der Waals surface area contributed by atoms with Gasteiger partial charge in [0.1, 0.15) is 0 Å². The number of rotatable bonds is 9. The molecule has 1 aromatic heterocycles. The van der Waals surface area contributed by atoms with E-state index in [-0.39, 0.29) is 23.3 Å². The third-order valence-electron chi connectivity index (χ3n) is 5.13. The van der Waals surface area contributed by atoms with Gasteiger partial charge in [0.15, 0.2) is 5.16 Å². The van der Waals surface area contributed by atoms with Gasteiger partial charge in [-0.2, -0.15) is 0 Å². The zero-order valence-electron chi connectivity index (χ0n) is 17.4. The van der Waals surface area contributed by atoms with Gasteiger partial charge in [-0.05, 0) is 36.2 Å². The molecule has 3 aromatic rings. The standard InChI is InChI=1S/C23H29N3O2S/c1-4-5-6-7-10-16(2)24-21(27)15-29-23-25-20-14-18-12-9-8-11-17(18)13-19(20)22(28)26(23)3/h8-9,11-14,16H,4-7,10,15H2,1-3H3,(H,24,27)/t16-/m0/s1. The highest BCUT2D eigenvalue weighted by molar-refractivity contribution is 7.99. The van der Waals surface area contributed by atoms with E-state index in [1.807, 2.05) is 43.3 Å². The van der Waals surface area contributed by atoms with Gasteiger partial charge in [0, 0.05) is 13.1 Å². The van der Waals surface area contributed by atoms with Crippen LogP contribution in [-0.4, -0.2) is 27.3 Å². The summed E-state index contributed by atoms with van der Waals surface area (Å²) in [5, 5.41) is 6.27. The van der Waals surface area contributed by atoms with Crippen molar-refractivity contribution in [3.63, 3.8) is 0 Å². The first-order valence-corrected chi connectivity index (χ1v) is 11.3. The van der Waals surface area contributed by atoms with E-state index in [9.17, 15) is 9.59 Å². The Balaban J connectivity index is 1.68. The molecule has 0 aliphatic rings. The SMILES string of the molecule is CCCCCC[C@H](C)NC(=O)CSc1nc2cc3ccccc3cc2c(=O)n1C. The Kier molecular flexibility index (Phi) is 7.31. The smallest absolute Gasteiger partial charge is 0.261 e. The van der Waals surface area contributed by atoms with Gasteiger partial charge in [-0.3, -0.25) is 14.2 Å². The van der Waals surface area contributed by atoms with Crippen molar-refractivity contribution in [1.82, 2.24) is 14.9 Å². The number of hydrogen-bond acceptors (Lipinski definition) is 4. The highest BCUT2D eigenvalue weighted by Gasteiger charge is 2.13. The van der Waals surface area contributed by atoms with Gasteiger partial charge in [-0.1, -0.05) is 68.6 Å². The normalized spacial score (nSPS) is 12.4. The molecule has 1 atom stereocenters. The van der Waals surface area contributed by atoms with Gasteiger partial charge in [-0.25, -0.2) is 4.98 Å². The fourth-order valence-corrected chi connectivity index (χ4v) is 4.25. The van der Waals surface area contributed by atoms with Gasteiger partial charge in [0.05, 0.1) is 16.7 Å². The molecule has 6 heteroatoms. The van der Waals surface area contributed by atoms with Crippen LogP contribution in [0.4, 0.5) is 0 Å². The molecular weight excluding hydrogens is 382 g/mol. The molecule has 0 aliphatic carbocycles. The molecule has 154 valence electrons. The van der Waals surface area contributed by atoms with E-state index in [2.05, 4.69) is 17.2 Å². The minimum atomic E-state index is -0.0899. The monoisotopic (exact) mass is 411 g/mol. The van der Waals surface area contributed by atoms with Crippen LogP contribution in [0.3, 0.4) is 0 Å². The largest absolute Gasteiger partial charge is 0.353 e. The summed E-state index contributed by atoms with van der Waals surface area (Å²) in [6.45, 7) is 4.24. The molecule has 3 rings (SSSR count). The van der Waals surface area contributed by atoms with Crippen LogP contribution in [0, 0.1) is 0 Å². The third kappa shape index (κ3) is 5.38. The first kappa shape index (κ1) is 21.4. The number of carbonyl (C=O) groups is 1. The van der Waals surface area contributed by atoms with Crippen LogP contribution in [0.5, 0.6) is 0 Å². The highest BCUT2D eigenvalue weighted by Crippen LogP contribution is 2.22. The number of nitrogens with one attached hydrogen (secondary N) is 1. The summed E-state index contributed by atoms with van der Waals surface area (Å²) in [4.78, 5) is 29.8. The van der Waals surface area contributed by atoms with Crippen LogP contribution in [0.2, 0.25) is 0 Å². The topological polar surface area (TPSA) is 64.0 Å². The van der Waals surface area contributed by atoms with Gasteiger partial charge in [-0.15, -0.1) is 0 Å². The Morgan fingerprint density at radius 3 is 2.62 bits per heavy atom. The number of carbonyl (C=O) groups excluding carboxylic acids is 1. The van der Waals surface area contributed by atoms with E-state index >= 15 is 0 Å². The Bertz CT molecular complexity index is 1060. The molecule has 0 saturated heterocycles. The summed E-state index contributed by atoms with van der Waals surface area (Å²) in [6, 6.07) is 11.9. The molecule has 1 heterocycles. The predicted octanol–water partition coefficient (Wildman–Crippen LogP) is 4.65. The van der Waals surface area contributed by atoms with Crippen molar-refractivity contribution >= 4 is 39.3 Å². The molecule has 2 aromatic carbocycles. The number of unbranched alkanes of at least 4 members (excludes halogenated alkanes) is 3. The van der Waals surface area contributed by atoms with Gasteiger partial charge >= 0.3 is 0 Å². The summed E-state index contributed by atoms with van der Waals surface area (Å²) in [7, 11) is 1.71. The van der Waals surface area contributed by atoms with Gasteiger partial charge in [0.2, 0.25) is 5.91 Å². The lowest BCUT2D eigenvalue weighted by atomic mass is 10.1. The van der Waals surface area contributed by atoms with Crippen LogP contribution in [0.25, 0.3) is 21.7 Å². The van der Waals surface area contributed by atoms with E-state index in [1.54, 1.807) is 7.05 Å². The van der Waals surface area contributed by atoms with Crippen LogP contribution < -0.4 is 10.9 Å². The van der Waals surface area contributed by atoms with Crippen molar-refractivity contribution in [2.45, 2.75) is 57.1 Å². The summed E-state index contributed by atoms with van der Waals surface area (Å²) >= 11 is 1.30. The van der Waals surface area contributed by atoms with E-state index in [4.69, 9.17) is 0 Å². The number of benzene rings is 2. The first-order valence-electron chi connectivity index (χ1n) is 10.3. The molecule has 0 saturated carbocycles. The first-order chi connectivity index (χ1) is 14.0. The molecule has 5 nitrogen and oxygen atoms in total. The second-order valence-corrected chi connectivity index (χ2v) is 8.52. The number of amides is 1. The fraction of sp³-hybridized carbons (Fsp3) is 0.435. The number of nitrogens with zero attached hydrogens (tertiary/aromatic N) is 2. The van der Waals surface area contributed by atoms with Crippen molar-refractivity contribution < 1.29 is 4.79 Å². The number of aromatic nitrogens is 2. The van der Waals surface area contributed by atoms with Crippen LogP contribution in [-0.2, 0) is 11.8 Å². The van der Waals surface area contributed by atoms with Crippen molar-refractivity contribution in [2.75, 3.05) is 5.75 Å². The quantitative estimate of drug-likeness (QED) is 0.241. The van der Waals surface area contributed by atoms with Gasteiger partial charge in [0.25, 0.3) is 5.56 Å². The predicted molar refractivity (Wildman–Crippen MR) is 122 cm³/mol. The maximum Gasteiger partial charge on any atom is 0.261 e. The molecule has 0 aliphatic heterocycles. The van der Waals surface area contributed by atoms with Crippen molar-refractivity contribution in [3.05, 3.63) is 46.8 Å². The molecule has 1 N–H and O–H groups in total. The molecule has 29 heavy (non-hydrogen) atoms. The Hall–Kier alpha value is -2.34. The average molecular weight is 412 g/mol. The number of fused-ring (bicyclic) bond motifs is 2. The molecule has 0 unspecified atom stereocenters. The van der Waals surface area contributed by atoms with Crippen molar-refractivity contribution in [2.24, 2.45) is 7.05 Å². The Morgan fingerprint density at radius 1 is 1.17 bits per heavy atom. The number of thioether (sulfide) groups is 1. The van der Waals surface area contributed by atoms with Crippen molar-refractivity contribution in [3.8, 4) is 0 Å². The summed E-state index contributed by atoms with van der Waals surface area (Å²) in [6.07, 6.45) is 5.80. The summed E-state index contributed by atoms with van der Waals surface area (Å²) in [5.74, 6) is 0.226. The maximum absolute atomic E-state index is 12.8. The van der Waals surface area contributed by atoms with E-state index in [1.165, 1.54) is 35.6 Å². The second kappa shape index (κ2) is 9.92. The lowest BCUT2D eigenvalue weighted by molar-refractivity contribution is -0.119. The van der Waals surface area contributed by atoms with E-state index < -0.39 is 0 Å². The zero-order valence-corrected chi connectivity index (χ0v) is 18.2. The van der Waals surface area contributed by atoms with Crippen molar-refractivity contribution in [1.29, 1.82) is 0 Å². The maximum atomic E-state index is 12.8. The fourth-order valence-electron chi connectivity index (χ4n) is 3.46. The summed E-state index contributed by atoms with van der Waals surface area (Å²) in [5.41, 5.74) is 0.576. The Labute approximate surface area is 175 Å². The van der Waals surface area contributed by atoms with Crippen LogP contribution in [0.1, 0.15) is 46.0 Å². The van der Waals surface area contributed by atoms with E-state index in [0.29, 0.717) is 16.1 Å². The molecule has 1 amide bonds. The second-order valence-electron chi connectivity index (χ2n) is 7.58. The molecule has 0 radical (unpaired) electrons. The molecule has 0 fully saturated rings. The van der Waals surface area contributed by atoms with Gasteiger partial charge < -0.3 is 5.32 Å². The lowest BCUT2D eigenvalue weighted by Crippen LogP contribution is -2.34. The highest BCUT2D eigenvalue weighted by atomic mass is 32.2. The van der Waals surface area contributed by atoms with Crippen LogP contribution in [0.15, 0.2) is 46.3 Å². The molecule has 0 spiro atoms.